The molecule has 30 heavy (non-hydrogen) atoms. The zero-order valence-electron chi connectivity index (χ0n) is 15.6. The molecule has 1 heterocycles. The van der Waals surface area contributed by atoms with Crippen LogP contribution in [0.25, 0.3) is 0 Å². The highest BCUT2D eigenvalue weighted by Crippen LogP contribution is 2.33. The lowest BCUT2D eigenvalue weighted by Gasteiger charge is -2.24. The second-order valence-electron chi connectivity index (χ2n) is 6.56. The number of amides is 1. The van der Waals surface area contributed by atoms with Crippen molar-refractivity contribution in [2.24, 2.45) is 0 Å². The Labute approximate surface area is 179 Å². The van der Waals surface area contributed by atoms with Crippen LogP contribution in [0.5, 0.6) is 0 Å². The Balaban J connectivity index is 2.11. The number of hydrogen-bond donors (Lipinski definition) is 1. The molecule has 0 bridgehead atoms. The maximum Gasteiger partial charge on any atom is 0.416 e. The number of aromatic nitrogens is 1. The highest BCUT2D eigenvalue weighted by Gasteiger charge is 2.32. The van der Waals surface area contributed by atoms with Crippen molar-refractivity contribution in [3.63, 3.8) is 0 Å². The van der Waals surface area contributed by atoms with Crippen LogP contribution in [0.2, 0.25) is 10.0 Å². The molecule has 0 unspecified atom stereocenters. The fourth-order valence-corrected chi connectivity index (χ4v) is 3.30. The number of carbonyl (C=O) groups is 1. The van der Waals surface area contributed by atoms with E-state index in [2.05, 4.69) is 4.98 Å². The van der Waals surface area contributed by atoms with Gasteiger partial charge in [-0.1, -0.05) is 35.3 Å². The van der Waals surface area contributed by atoms with E-state index in [4.69, 9.17) is 23.2 Å². The minimum atomic E-state index is -4.59. The molecule has 1 aromatic heterocycles. The van der Waals surface area contributed by atoms with Gasteiger partial charge in [0.2, 0.25) is 0 Å². The lowest BCUT2D eigenvalue weighted by Crippen LogP contribution is -2.34. The van der Waals surface area contributed by atoms with Gasteiger partial charge in [0.15, 0.2) is 0 Å². The summed E-state index contributed by atoms with van der Waals surface area (Å²) in [5, 5.41) is 0.612. The average molecular weight is 455 g/mol. The van der Waals surface area contributed by atoms with Crippen LogP contribution in [0.15, 0.2) is 59.4 Å². The minimum Gasteiger partial charge on any atom is -0.326 e. The molecule has 156 valence electrons. The summed E-state index contributed by atoms with van der Waals surface area (Å²) in [5.41, 5.74) is -0.792. The molecule has 0 radical (unpaired) electrons. The van der Waals surface area contributed by atoms with Crippen molar-refractivity contribution >= 4 is 34.8 Å². The van der Waals surface area contributed by atoms with Crippen LogP contribution in [0.4, 0.5) is 18.9 Å². The number of benzene rings is 2. The number of aromatic amines is 1. The lowest BCUT2D eigenvalue weighted by atomic mass is 10.1. The van der Waals surface area contributed by atoms with Crippen LogP contribution < -0.4 is 10.5 Å². The van der Waals surface area contributed by atoms with Crippen molar-refractivity contribution < 1.29 is 18.0 Å². The fraction of sp³-hybridized carbons (Fsp3) is 0.143. The van der Waals surface area contributed by atoms with Gasteiger partial charge in [-0.05, 0) is 55.0 Å². The maximum absolute atomic E-state index is 13.2. The van der Waals surface area contributed by atoms with E-state index >= 15 is 0 Å². The van der Waals surface area contributed by atoms with E-state index in [0.29, 0.717) is 16.3 Å². The molecule has 0 spiro atoms. The molecule has 3 rings (SSSR count). The second-order valence-corrected chi connectivity index (χ2v) is 7.40. The summed E-state index contributed by atoms with van der Waals surface area (Å²) >= 11 is 12.1. The molecule has 2 aromatic carbocycles. The Morgan fingerprint density at radius 2 is 1.80 bits per heavy atom. The van der Waals surface area contributed by atoms with Crippen molar-refractivity contribution in [1.29, 1.82) is 0 Å². The normalized spacial score (nSPS) is 11.4. The average Bonchev–Trinajstić information content (AvgIpc) is 2.66. The zero-order valence-corrected chi connectivity index (χ0v) is 17.1. The van der Waals surface area contributed by atoms with E-state index in [1.807, 2.05) is 0 Å². The first-order valence-corrected chi connectivity index (χ1v) is 9.45. The van der Waals surface area contributed by atoms with Gasteiger partial charge in [-0.15, -0.1) is 0 Å². The fourth-order valence-electron chi connectivity index (χ4n) is 2.84. The van der Waals surface area contributed by atoms with Gasteiger partial charge < -0.3 is 9.88 Å². The van der Waals surface area contributed by atoms with Crippen LogP contribution in [-0.2, 0) is 12.7 Å². The minimum absolute atomic E-state index is 0.0270. The standard InChI is InChI=1S/C21H15Cl2F3N2O2/c1-12-5-8-17(19(29)27-12)20(30)28(11-13-6-7-15(22)10-18(13)23)16-4-2-3-14(9-16)21(24,25)26/h2-10H,11H2,1H3,(H,27,29). The summed E-state index contributed by atoms with van der Waals surface area (Å²) in [4.78, 5) is 29.0. The molecule has 3 aromatic rings. The third kappa shape index (κ3) is 4.86. The van der Waals surface area contributed by atoms with Crippen LogP contribution in [0, 0.1) is 6.92 Å². The quantitative estimate of drug-likeness (QED) is 0.536. The van der Waals surface area contributed by atoms with Gasteiger partial charge in [0.1, 0.15) is 5.56 Å². The molecule has 0 aliphatic heterocycles. The number of H-pyrrole nitrogens is 1. The smallest absolute Gasteiger partial charge is 0.326 e. The van der Waals surface area contributed by atoms with Gasteiger partial charge in [-0.3, -0.25) is 9.59 Å². The molecule has 1 N–H and O–H groups in total. The summed E-state index contributed by atoms with van der Waals surface area (Å²) in [5.74, 6) is -0.762. The number of anilines is 1. The molecule has 1 amide bonds. The molecule has 0 aliphatic rings. The summed E-state index contributed by atoms with van der Waals surface area (Å²) in [6.07, 6.45) is -4.59. The van der Waals surface area contributed by atoms with E-state index in [-0.39, 0.29) is 22.8 Å². The number of pyridine rings is 1. The molecule has 9 heteroatoms. The van der Waals surface area contributed by atoms with Crippen LogP contribution in [0.1, 0.15) is 27.2 Å². The van der Waals surface area contributed by atoms with Gasteiger partial charge in [0, 0.05) is 21.4 Å². The summed E-state index contributed by atoms with van der Waals surface area (Å²) in [6.45, 7) is 1.48. The third-order valence-corrected chi connectivity index (χ3v) is 4.95. The van der Waals surface area contributed by atoms with E-state index < -0.39 is 23.2 Å². The molecular formula is C21H15Cl2F3N2O2. The molecule has 0 atom stereocenters. The number of alkyl halides is 3. The van der Waals surface area contributed by atoms with Gasteiger partial charge >= 0.3 is 6.18 Å². The largest absolute Gasteiger partial charge is 0.416 e. The van der Waals surface area contributed by atoms with E-state index in [9.17, 15) is 22.8 Å². The summed E-state index contributed by atoms with van der Waals surface area (Å²) in [6, 6.07) is 11.8. The Bertz CT molecular complexity index is 1160. The number of nitrogens with zero attached hydrogens (tertiary/aromatic N) is 1. The van der Waals surface area contributed by atoms with Gasteiger partial charge in [0.25, 0.3) is 11.5 Å². The first-order chi connectivity index (χ1) is 14.1. The number of carbonyl (C=O) groups excluding carboxylic acids is 1. The number of hydrogen-bond acceptors (Lipinski definition) is 2. The van der Waals surface area contributed by atoms with Crippen LogP contribution in [-0.4, -0.2) is 10.9 Å². The number of aryl methyl sites for hydroxylation is 1. The van der Waals surface area contributed by atoms with Gasteiger partial charge in [-0.2, -0.15) is 13.2 Å². The lowest BCUT2D eigenvalue weighted by molar-refractivity contribution is -0.137. The van der Waals surface area contributed by atoms with Crippen molar-refractivity contribution in [1.82, 2.24) is 4.98 Å². The highest BCUT2D eigenvalue weighted by molar-refractivity contribution is 6.35. The van der Waals surface area contributed by atoms with Crippen molar-refractivity contribution in [2.45, 2.75) is 19.6 Å². The van der Waals surface area contributed by atoms with Gasteiger partial charge in [-0.25, -0.2) is 0 Å². The number of halogens is 5. The Morgan fingerprint density at radius 1 is 1.07 bits per heavy atom. The molecule has 0 fully saturated rings. The molecule has 0 saturated heterocycles. The molecule has 4 nitrogen and oxygen atoms in total. The number of rotatable bonds is 4. The molecule has 0 aliphatic carbocycles. The first-order valence-electron chi connectivity index (χ1n) is 8.69. The van der Waals surface area contributed by atoms with Gasteiger partial charge in [0.05, 0.1) is 12.1 Å². The van der Waals surface area contributed by atoms with E-state index in [1.165, 1.54) is 30.3 Å². The van der Waals surface area contributed by atoms with Crippen LogP contribution in [0.3, 0.4) is 0 Å². The predicted molar refractivity (Wildman–Crippen MR) is 110 cm³/mol. The number of nitrogens with one attached hydrogen (secondary N) is 1. The summed E-state index contributed by atoms with van der Waals surface area (Å²) in [7, 11) is 0. The first kappa shape index (κ1) is 21.9. The SMILES string of the molecule is Cc1ccc(C(=O)N(Cc2ccc(Cl)cc2Cl)c2cccc(C(F)(F)F)c2)c(=O)[nH]1. The maximum atomic E-state index is 13.2. The van der Waals surface area contributed by atoms with E-state index in [0.717, 1.165) is 17.0 Å². The predicted octanol–water partition coefficient (Wildman–Crippen LogP) is 5.86. The third-order valence-electron chi connectivity index (χ3n) is 4.36. The van der Waals surface area contributed by atoms with Crippen molar-refractivity contribution in [3.8, 4) is 0 Å². The van der Waals surface area contributed by atoms with Crippen molar-refractivity contribution in [3.05, 3.63) is 97.4 Å². The highest BCUT2D eigenvalue weighted by atomic mass is 35.5. The second kappa shape index (κ2) is 8.53. The summed E-state index contributed by atoms with van der Waals surface area (Å²) < 4.78 is 39.6. The van der Waals surface area contributed by atoms with E-state index in [1.54, 1.807) is 19.1 Å². The monoisotopic (exact) mass is 454 g/mol. The Morgan fingerprint density at radius 3 is 2.43 bits per heavy atom. The van der Waals surface area contributed by atoms with Crippen LogP contribution >= 0.6 is 23.2 Å². The molecular weight excluding hydrogens is 440 g/mol. The Hall–Kier alpha value is -2.77. The van der Waals surface area contributed by atoms with Crippen molar-refractivity contribution in [2.75, 3.05) is 4.90 Å². The Kier molecular flexibility index (Phi) is 6.24. The topological polar surface area (TPSA) is 53.2 Å². The zero-order chi connectivity index (χ0) is 22.1. The molecule has 0 saturated carbocycles.